The molecule has 0 N–H and O–H groups in total. The fraction of sp³-hybridized carbons (Fsp3) is 0.667. The quantitative estimate of drug-likeness (QED) is 0.808. The van der Waals surface area contributed by atoms with E-state index in [9.17, 15) is 4.79 Å². The molecule has 1 saturated heterocycles. The topological polar surface area (TPSA) is 55.3 Å². The van der Waals surface area contributed by atoms with Crippen LogP contribution in [0.15, 0.2) is 0 Å². The average Bonchev–Trinajstić information content (AvgIpc) is 2.75. The summed E-state index contributed by atoms with van der Waals surface area (Å²) in [6, 6.07) is 0.129. The number of hydrogen-bond acceptors (Lipinski definition) is 5. The molecule has 1 aromatic rings. The van der Waals surface area contributed by atoms with Crippen LogP contribution in [0, 0.1) is 0 Å². The molecule has 16 heavy (non-hydrogen) atoms. The molecule has 88 valence electrons. The molecule has 0 bridgehead atoms. The second-order valence-electron chi connectivity index (χ2n) is 3.50. The van der Waals surface area contributed by atoms with Crippen molar-refractivity contribution in [3.8, 4) is 0 Å². The van der Waals surface area contributed by atoms with Crippen LogP contribution >= 0.6 is 22.9 Å². The number of carbonyl (C=O) groups excluding carboxylic acids is 1. The van der Waals surface area contributed by atoms with E-state index in [1.54, 1.807) is 4.90 Å². The van der Waals surface area contributed by atoms with Crippen LogP contribution in [0.4, 0.5) is 0 Å². The molecule has 0 radical (unpaired) electrons. The number of nitrogens with zero attached hydrogens (tertiary/aromatic N) is 3. The molecule has 1 fully saturated rings. The van der Waals surface area contributed by atoms with Crippen molar-refractivity contribution in [2.24, 2.45) is 0 Å². The summed E-state index contributed by atoms with van der Waals surface area (Å²) in [4.78, 5) is 13.9. The Balaban J connectivity index is 2.13. The molecule has 1 aliphatic heterocycles. The van der Waals surface area contributed by atoms with E-state index in [1.165, 1.54) is 0 Å². The van der Waals surface area contributed by atoms with Crippen molar-refractivity contribution < 1.29 is 9.53 Å². The van der Waals surface area contributed by atoms with Gasteiger partial charge in [0.15, 0.2) is 0 Å². The van der Waals surface area contributed by atoms with Gasteiger partial charge < -0.3 is 9.64 Å². The summed E-state index contributed by atoms with van der Waals surface area (Å²) in [7, 11) is 0. The highest BCUT2D eigenvalue weighted by Crippen LogP contribution is 2.19. The molecule has 0 aliphatic carbocycles. The lowest BCUT2D eigenvalue weighted by atomic mass is 10.2. The molecule has 1 atom stereocenters. The molecule has 2 heterocycles. The number of rotatable bonds is 2. The highest BCUT2D eigenvalue weighted by atomic mass is 35.5. The van der Waals surface area contributed by atoms with Crippen LogP contribution in [-0.2, 0) is 4.74 Å². The van der Waals surface area contributed by atoms with E-state index in [2.05, 4.69) is 10.2 Å². The minimum Gasteiger partial charge on any atom is -0.377 e. The standard InChI is InChI=1S/C9H12ClN3O2S/c1-2-6-5-15-4-3-13(6)8(14)7-11-12-9(10)16-7/h6H,2-5H2,1H3. The molecule has 1 aromatic heterocycles. The van der Waals surface area contributed by atoms with Crippen LogP contribution < -0.4 is 0 Å². The van der Waals surface area contributed by atoms with Crippen LogP contribution in [0.5, 0.6) is 0 Å². The zero-order valence-electron chi connectivity index (χ0n) is 8.85. The Hall–Kier alpha value is -0.720. The smallest absolute Gasteiger partial charge is 0.285 e. The number of morpholine rings is 1. The Labute approximate surface area is 102 Å². The minimum absolute atomic E-state index is 0.0976. The normalized spacial score (nSPS) is 21.1. The lowest BCUT2D eigenvalue weighted by Gasteiger charge is -2.34. The highest BCUT2D eigenvalue weighted by Gasteiger charge is 2.28. The number of hydrogen-bond donors (Lipinski definition) is 0. The summed E-state index contributed by atoms with van der Waals surface area (Å²) >= 11 is 6.78. The molecule has 7 heteroatoms. The van der Waals surface area contributed by atoms with Crippen molar-refractivity contribution in [3.05, 3.63) is 9.47 Å². The highest BCUT2D eigenvalue weighted by molar-refractivity contribution is 7.17. The fourth-order valence-corrected chi connectivity index (χ4v) is 2.46. The molecule has 1 unspecified atom stereocenters. The Kier molecular flexibility index (Phi) is 3.73. The Morgan fingerprint density at radius 2 is 2.50 bits per heavy atom. The molecule has 5 nitrogen and oxygen atoms in total. The lowest BCUT2D eigenvalue weighted by Crippen LogP contribution is -2.48. The summed E-state index contributed by atoms with van der Waals surface area (Å²) in [6.45, 7) is 3.81. The number of halogens is 1. The van der Waals surface area contributed by atoms with Crippen molar-refractivity contribution in [1.82, 2.24) is 15.1 Å². The average molecular weight is 262 g/mol. The molecular weight excluding hydrogens is 250 g/mol. The summed E-state index contributed by atoms with van der Waals surface area (Å²) in [6.07, 6.45) is 0.873. The van der Waals surface area contributed by atoms with E-state index < -0.39 is 0 Å². The predicted molar refractivity (Wildman–Crippen MR) is 60.9 cm³/mol. The minimum atomic E-state index is -0.0976. The van der Waals surface area contributed by atoms with E-state index in [0.29, 0.717) is 29.2 Å². The SMILES string of the molecule is CCC1COCCN1C(=O)c1nnc(Cl)s1. The number of carbonyl (C=O) groups is 1. The third-order valence-electron chi connectivity index (χ3n) is 2.54. The fourth-order valence-electron chi connectivity index (χ4n) is 1.68. The first kappa shape index (κ1) is 11.8. The van der Waals surface area contributed by atoms with E-state index in [1.807, 2.05) is 6.92 Å². The third kappa shape index (κ3) is 2.34. The molecule has 1 amide bonds. The van der Waals surface area contributed by atoms with Crippen molar-refractivity contribution in [1.29, 1.82) is 0 Å². The summed E-state index contributed by atoms with van der Waals surface area (Å²) in [5.74, 6) is -0.0976. The molecule has 0 spiro atoms. The van der Waals surface area contributed by atoms with Crippen molar-refractivity contribution in [2.45, 2.75) is 19.4 Å². The van der Waals surface area contributed by atoms with Crippen LogP contribution in [0.2, 0.25) is 4.47 Å². The summed E-state index contributed by atoms with van der Waals surface area (Å²) in [5.41, 5.74) is 0. The Morgan fingerprint density at radius 3 is 3.12 bits per heavy atom. The maximum Gasteiger partial charge on any atom is 0.285 e. The van der Waals surface area contributed by atoms with Crippen LogP contribution in [0.1, 0.15) is 23.1 Å². The van der Waals surface area contributed by atoms with Gasteiger partial charge in [-0.3, -0.25) is 4.79 Å². The van der Waals surface area contributed by atoms with Crippen molar-refractivity contribution >= 4 is 28.8 Å². The molecule has 0 saturated carbocycles. The van der Waals surface area contributed by atoms with Crippen LogP contribution in [-0.4, -0.2) is 46.8 Å². The first-order chi connectivity index (χ1) is 7.72. The van der Waals surface area contributed by atoms with Crippen LogP contribution in [0.3, 0.4) is 0 Å². The molecule has 1 aliphatic rings. The van der Waals surface area contributed by atoms with E-state index >= 15 is 0 Å². The van der Waals surface area contributed by atoms with Gasteiger partial charge in [-0.15, -0.1) is 10.2 Å². The largest absolute Gasteiger partial charge is 0.377 e. The third-order valence-corrected chi connectivity index (χ3v) is 3.55. The van der Waals surface area contributed by atoms with Gasteiger partial charge in [0.1, 0.15) is 0 Å². The molecule has 0 aromatic carbocycles. The monoisotopic (exact) mass is 261 g/mol. The molecule has 2 rings (SSSR count). The number of amides is 1. The summed E-state index contributed by atoms with van der Waals surface area (Å²) in [5, 5.41) is 7.75. The van der Waals surface area contributed by atoms with Gasteiger partial charge in [0.2, 0.25) is 9.47 Å². The van der Waals surface area contributed by atoms with Gasteiger partial charge in [-0.05, 0) is 18.0 Å². The van der Waals surface area contributed by atoms with Crippen LogP contribution in [0.25, 0.3) is 0 Å². The van der Waals surface area contributed by atoms with E-state index in [0.717, 1.165) is 17.8 Å². The van der Waals surface area contributed by atoms with Crippen molar-refractivity contribution in [3.63, 3.8) is 0 Å². The van der Waals surface area contributed by atoms with Gasteiger partial charge in [0.05, 0.1) is 19.3 Å². The van der Waals surface area contributed by atoms with Gasteiger partial charge in [-0.1, -0.05) is 18.3 Å². The van der Waals surface area contributed by atoms with Gasteiger partial charge in [-0.25, -0.2) is 0 Å². The predicted octanol–water partition coefficient (Wildman–Crippen LogP) is 1.44. The number of aromatic nitrogens is 2. The summed E-state index contributed by atoms with van der Waals surface area (Å²) < 4.78 is 5.64. The maximum absolute atomic E-state index is 12.1. The van der Waals surface area contributed by atoms with Gasteiger partial charge >= 0.3 is 0 Å². The Bertz CT molecular complexity index is 385. The second-order valence-corrected chi connectivity index (χ2v) is 5.06. The van der Waals surface area contributed by atoms with Gasteiger partial charge in [-0.2, -0.15) is 0 Å². The second kappa shape index (κ2) is 5.07. The zero-order chi connectivity index (χ0) is 11.5. The zero-order valence-corrected chi connectivity index (χ0v) is 10.4. The van der Waals surface area contributed by atoms with Crippen molar-refractivity contribution in [2.75, 3.05) is 19.8 Å². The first-order valence-corrected chi connectivity index (χ1v) is 6.29. The van der Waals surface area contributed by atoms with E-state index in [-0.39, 0.29) is 11.9 Å². The maximum atomic E-state index is 12.1. The molecular formula is C9H12ClN3O2S. The Morgan fingerprint density at radius 1 is 1.69 bits per heavy atom. The lowest BCUT2D eigenvalue weighted by molar-refractivity contribution is -0.00285. The first-order valence-electron chi connectivity index (χ1n) is 5.10. The number of ether oxygens (including phenoxy) is 1. The van der Waals surface area contributed by atoms with Gasteiger partial charge in [0, 0.05) is 6.54 Å². The van der Waals surface area contributed by atoms with E-state index in [4.69, 9.17) is 16.3 Å². The van der Waals surface area contributed by atoms with Gasteiger partial charge in [0.25, 0.3) is 5.91 Å².